The molecule has 0 atom stereocenters. The Morgan fingerprint density at radius 3 is 2.88 bits per heavy atom. The summed E-state index contributed by atoms with van der Waals surface area (Å²) in [6.07, 6.45) is 1.59. The fourth-order valence-electron chi connectivity index (χ4n) is 1.37. The number of nitrogens with zero attached hydrogens (tertiary/aromatic N) is 2. The zero-order valence-corrected chi connectivity index (χ0v) is 8.51. The molecular formula is C12H10N4. The van der Waals surface area contributed by atoms with E-state index in [2.05, 4.69) is 10.3 Å². The Hall–Kier alpha value is -2.54. The molecule has 0 bridgehead atoms. The summed E-state index contributed by atoms with van der Waals surface area (Å²) < 4.78 is 0. The van der Waals surface area contributed by atoms with E-state index in [-0.39, 0.29) is 0 Å². The predicted molar refractivity (Wildman–Crippen MR) is 63.1 cm³/mol. The summed E-state index contributed by atoms with van der Waals surface area (Å²) in [5, 5.41) is 12.0. The van der Waals surface area contributed by atoms with Crippen molar-refractivity contribution in [3.05, 3.63) is 48.3 Å². The van der Waals surface area contributed by atoms with Crippen LogP contribution in [0.5, 0.6) is 0 Å². The summed E-state index contributed by atoms with van der Waals surface area (Å²) in [7, 11) is 0. The van der Waals surface area contributed by atoms with Gasteiger partial charge in [0.05, 0.1) is 5.69 Å². The monoisotopic (exact) mass is 210 g/mol. The topological polar surface area (TPSA) is 74.7 Å². The lowest BCUT2D eigenvalue weighted by atomic mass is 10.2. The minimum Gasteiger partial charge on any atom is -0.399 e. The van der Waals surface area contributed by atoms with Crippen LogP contribution in [0.25, 0.3) is 0 Å². The van der Waals surface area contributed by atoms with Gasteiger partial charge in [-0.1, -0.05) is 6.07 Å². The molecule has 0 saturated carbocycles. The van der Waals surface area contributed by atoms with Crippen molar-refractivity contribution < 1.29 is 0 Å². The molecule has 0 aliphatic rings. The van der Waals surface area contributed by atoms with Crippen molar-refractivity contribution in [1.82, 2.24) is 4.98 Å². The van der Waals surface area contributed by atoms with Crippen LogP contribution in [-0.4, -0.2) is 4.98 Å². The van der Waals surface area contributed by atoms with Crippen molar-refractivity contribution >= 4 is 17.1 Å². The Morgan fingerprint density at radius 1 is 1.25 bits per heavy atom. The van der Waals surface area contributed by atoms with E-state index < -0.39 is 0 Å². The maximum atomic E-state index is 8.87. The number of anilines is 3. The van der Waals surface area contributed by atoms with Gasteiger partial charge in [0, 0.05) is 17.6 Å². The van der Waals surface area contributed by atoms with E-state index >= 15 is 0 Å². The number of nitrogens with two attached hydrogens (primary N) is 1. The maximum Gasteiger partial charge on any atom is 0.163 e. The smallest absolute Gasteiger partial charge is 0.163 e. The van der Waals surface area contributed by atoms with Crippen LogP contribution in [0, 0.1) is 11.3 Å². The first-order valence-electron chi connectivity index (χ1n) is 4.77. The highest BCUT2D eigenvalue weighted by Crippen LogP contribution is 2.20. The summed E-state index contributed by atoms with van der Waals surface area (Å²) in [5.74, 6) is 0. The van der Waals surface area contributed by atoms with Crippen LogP contribution in [0.1, 0.15) is 5.69 Å². The molecule has 1 heterocycles. The number of nitriles is 1. The quantitative estimate of drug-likeness (QED) is 0.745. The van der Waals surface area contributed by atoms with E-state index in [1.807, 2.05) is 18.2 Å². The van der Waals surface area contributed by atoms with Crippen molar-refractivity contribution in [2.24, 2.45) is 0 Å². The highest BCUT2D eigenvalue weighted by Gasteiger charge is 2.02. The van der Waals surface area contributed by atoms with Gasteiger partial charge in [-0.3, -0.25) is 0 Å². The van der Waals surface area contributed by atoms with Crippen LogP contribution in [0.2, 0.25) is 0 Å². The Kier molecular flexibility index (Phi) is 2.70. The standard InChI is InChI=1S/C12H10N4/c13-8-12-11(5-2-6-15-12)16-10-4-1-3-9(14)7-10/h1-7,16H,14H2. The average molecular weight is 210 g/mol. The molecule has 16 heavy (non-hydrogen) atoms. The third-order valence-electron chi connectivity index (χ3n) is 2.08. The first kappa shape index (κ1) is 9.99. The second-order valence-electron chi connectivity index (χ2n) is 3.26. The number of benzene rings is 1. The summed E-state index contributed by atoms with van der Waals surface area (Å²) in [6, 6.07) is 12.9. The molecule has 2 rings (SSSR count). The molecule has 0 fully saturated rings. The number of hydrogen-bond donors (Lipinski definition) is 2. The van der Waals surface area contributed by atoms with Gasteiger partial charge in [0.25, 0.3) is 0 Å². The van der Waals surface area contributed by atoms with Crippen LogP contribution < -0.4 is 11.1 Å². The lowest BCUT2D eigenvalue weighted by Crippen LogP contribution is -1.96. The average Bonchev–Trinajstić information content (AvgIpc) is 2.30. The molecule has 0 unspecified atom stereocenters. The van der Waals surface area contributed by atoms with E-state index in [4.69, 9.17) is 11.0 Å². The summed E-state index contributed by atoms with van der Waals surface area (Å²) >= 11 is 0. The Labute approximate surface area is 93.4 Å². The molecule has 2 aromatic rings. The number of pyridine rings is 1. The number of hydrogen-bond acceptors (Lipinski definition) is 4. The van der Waals surface area contributed by atoms with Crippen molar-refractivity contribution in [2.75, 3.05) is 11.1 Å². The fraction of sp³-hybridized carbons (Fsp3) is 0. The van der Waals surface area contributed by atoms with Gasteiger partial charge in [0.2, 0.25) is 0 Å². The molecular weight excluding hydrogens is 200 g/mol. The largest absolute Gasteiger partial charge is 0.399 e. The zero-order valence-electron chi connectivity index (χ0n) is 8.51. The fourth-order valence-corrected chi connectivity index (χ4v) is 1.37. The highest BCUT2D eigenvalue weighted by atomic mass is 14.9. The van der Waals surface area contributed by atoms with Crippen molar-refractivity contribution in [2.45, 2.75) is 0 Å². The molecule has 1 aromatic heterocycles. The molecule has 1 aromatic carbocycles. The van der Waals surface area contributed by atoms with Crippen LogP contribution in [0.3, 0.4) is 0 Å². The molecule has 0 aliphatic heterocycles. The zero-order chi connectivity index (χ0) is 11.4. The van der Waals surface area contributed by atoms with Gasteiger partial charge < -0.3 is 11.1 Å². The predicted octanol–water partition coefficient (Wildman–Crippen LogP) is 2.28. The molecule has 0 aliphatic carbocycles. The number of nitrogens with one attached hydrogen (secondary N) is 1. The number of aromatic nitrogens is 1. The lowest BCUT2D eigenvalue weighted by Gasteiger charge is -2.07. The van der Waals surface area contributed by atoms with Crippen LogP contribution in [-0.2, 0) is 0 Å². The second kappa shape index (κ2) is 4.32. The molecule has 3 N–H and O–H groups in total. The molecule has 0 spiro atoms. The molecule has 0 amide bonds. The van der Waals surface area contributed by atoms with Crippen molar-refractivity contribution in [3.8, 4) is 6.07 Å². The molecule has 0 radical (unpaired) electrons. The van der Waals surface area contributed by atoms with Crippen LogP contribution in [0.4, 0.5) is 17.1 Å². The Bertz CT molecular complexity index is 543. The lowest BCUT2D eigenvalue weighted by molar-refractivity contribution is 1.26. The van der Waals surface area contributed by atoms with Gasteiger partial charge in [0.1, 0.15) is 6.07 Å². The van der Waals surface area contributed by atoms with Gasteiger partial charge >= 0.3 is 0 Å². The third kappa shape index (κ3) is 2.10. The van der Waals surface area contributed by atoms with Gasteiger partial charge in [-0.25, -0.2) is 4.98 Å². The maximum absolute atomic E-state index is 8.87. The van der Waals surface area contributed by atoms with Crippen LogP contribution >= 0.6 is 0 Å². The highest BCUT2D eigenvalue weighted by molar-refractivity contribution is 5.66. The Balaban J connectivity index is 2.31. The summed E-state index contributed by atoms with van der Waals surface area (Å²) in [6.45, 7) is 0. The first-order chi connectivity index (χ1) is 7.79. The summed E-state index contributed by atoms with van der Waals surface area (Å²) in [4.78, 5) is 3.96. The van der Waals surface area contributed by atoms with Gasteiger partial charge in [0.15, 0.2) is 5.69 Å². The summed E-state index contributed by atoms with van der Waals surface area (Å²) in [5.41, 5.74) is 8.22. The van der Waals surface area contributed by atoms with E-state index in [0.29, 0.717) is 17.1 Å². The van der Waals surface area contributed by atoms with E-state index in [0.717, 1.165) is 5.69 Å². The minimum atomic E-state index is 0.366. The molecule has 4 heteroatoms. The Morgan fingerprint density at radius 2 is 2.12 bits per heavy atom. The minimum absolute atomic E-state index is 0.366. The van der Waals surface area contributed by atoms with Gasteiger partial charge in [-0.2, -0.15) is 5.26 Å². The molecule has 4 nitrogen and oxygen atoms in total. The normalized spacial score (nSPS) is 9.44. The SMILES string of the molecule is N#Cc1ncccc1Nc1cccc(N)c1. The number of nitrogen functional groups attached to an aromatic ring is 1. The van der Waals surface area contributed by atoms with E-state index in [9.17, 15) is 0 Å². The molecule has 78 valence electrons. The van der Waals surface area contributed by atoms with E-state index in [1.165, 1.54) is 0 Å². The second-order valence-corrected chi connectivity index (χ2v) is 3.26. The van der Waals surface area contributed by atoms with Gasteiger partial charge in [-0.15, -0.1) is 0 Å². The van der Waals surface area contributed by atoms with E-state index in [1.54, 1.807) is 30.5 Å². The number of rotatable bonds is 2. The first-order valence-corrected chi connectivity index (χ1v) is 4.77. The van der Waals surface area contributed by atoms with Crippen LogP contribution in [0.15, 0.2) is 42.6 Å². The molecule has 0 saturated heterocycles. The van der Waals surface area contributed by atoms with Gasteiger partial charge in [-0.05, 0) is 30.3 Å². The van der Waals surface area contributed by atoms with Crippen molar-refractivity contribution in [3.63, 3.8) is 0 Å². The third-order valence-corrected chi connectivity index (χ3v) is 2.08. The van der Waals surface area contributed by atoms with Crippen molar-refractivity contribution in [1.29, 1.82) is 5.26 Å².